The maximum Gasteiger partial charge on any atom is 0.150 e. The van der Waals surface area contributed by atoms with Gasteiger partial charge in [-0.1, -0.05) is 11.6 Å². The molecule has 2 aliphatic heterocycles. The zero-order valence-corrected chi connectivity index (χ0v) is 13.8. The highest BCUT2D eigenvalue weighted by Crippen LogP contribution is 2.35. The van der Waals surface area contributed by atoms with Crippen LogP contribution in [0.15, 0.2) is 18.2 Å². The van der Waals surface area contributed by atoms with Crippen molar-refractivity contribution in [3.63, 3.8) is 0 Å². The number of sulfone groups is 1. The molecule has 0 N–H and O–H groups in total. The number of anilines is 2. The van der Waals surface area contributed by atoms with E-state index in [1.807, 2.05) is 12.1 Å². The number of nitrogens with zero attached hydrogens (tertiary/aromatic N) is 2. The second kappa shape index (κ2) is 5.69. The Morgan fingerprint density at radius 1 is 1.29 bits per heavy atom. The van der Waals surface area contributed by atoms with Crippen molar-refractivity contribution >= 4 is 32.8 Å². The van der Waals surface area contributed by atoms with Gasteiger partial charge in [-0.25, -0.2) is 8.42 Å². The number of rotatable bonds is 2. The molecule has 3 rings (SSSR count). The first-order valence-electron chi connectivity index (χ1n) is 7.41. The Hall–Kier alpha value is -0.940. The van der Waals surface area contributed by atoms with Crippen LogP contribution in [0.1, 0.15) is 12.8 Å². The third kappa shape index (κ3) is 3.29. The van der Waals surface area contributed by atoms with Crippen molar-refractivity contribution < 1.29 is 8.42 Å². The van der Waals surface area contributed by atoms with E-state index in [0.717, 1.165) is 43.2 Å². The third-order valence-electron chi connectivity index (χ3n) is 4.42. The smallest absolute Gasteiger partial charge is 0.150 e. The van der Waals surface area contributed by atoms with E-state index in [-0.39, 0.29) is 5.92 Å². The summed E-state index contributed by atoms with van der Waals surface area (Å²) in [7, 11) is -0.721. The molecule has 6 heteroatoms. The molecule has 0 saturated carbocycles. The summed E-state index contributed by atoms with van der Waals surface area (Å²) in [4.78, 5) is 4.56. The molecule has 0 spiro atoms. The van der Waals surface area contributed by atoms with E-state index in [9.17, 15) is 8.42 Å². The lowest BCUT2D eigenvalue weighted by Gasteiger charge is -2.28. The quantitative estimate of drug-likeness (QED) is 0.836. The largest absolute Gasteiger partial charge is 0.373 e. The van der Waals surface area contributed by atoms with Gasteiger partial charge in [0.1, 0.15) is 0 Å². The van der Waals surface area contributed by atoms with Gasteiger partial charge >= 0.3 is 0 Å². The van der Waals surface area contributed by atoms with Gasteiger partial charge in [-0.15, -0.1) is 0 Å². The molecule has 0 aliphatic carbocycles. The van der Waals surface area contributed by atoms with Crippen LogP contribution in [0.3, 0.4) is 0 Å². The van der Waals surface area contributed by atoms with Crippen LogP contribution in [-0.4, -0.2) is 46.6 Å². The molecule has 2 heterocycles. The van der Waals surface area contributed by atoms with E-state index >= 15 is 0 Å². The molecular weight excluding hydrogens is 308 g/mol. The zero-order chi connectivity index (χ0) is 15.0. The fraction of sp³-hybridized carbons (Fsp3) is 0.600. The average molecular weight is 329 g/mol. The minimum absolute atomic E-state index is 0.241. The molecule has 1 aromatic carbocycles. The highest BCUT2D eigenvalue weighted by Gasteiger charge is 2.30. The van der Waals surface area contributed by atoms with Crippen molar-refractivity contribution in [2.24, 2.45) is 5.92 Å². The number of benzene rings is 1. The second-order valence-corrected chi connectivity index (χ2v) is 8.79. The van der Waals surface area contributed by atoms with E-state index in [1.165, 1.54) is 5.69 Å². The van der Waals surface area contributed by atoms with Gasteiger partial charge in [0.25, 0.3) is 0 Å². The molecule has 1 aromatic rings. The van der Waals surface area contributed by atoms with E-state index in [4.69, 9.17) is 11.6 Å². The number of fused-ring (bicyclic) bond motifs is 1. The summed E-state index contributed by atoms with van der Waals surface area (Å²) in [6.07, 6.45) is 1.85. The first-order valence-corrected chi connectivity index (χ1v) is 9.60. The Morgan fingerprint density at radius 2 is 2.10 bits per heavy atom. The van der Waals surface area contributed by atoms with Crippen LogP contribution in [0.5, 0.6) is 0 Å². The van der Waals surface area contributed by atoms with E-state index in [1.54, 1.807) is 0 Å². The van der Waals surface area contributed by atoms with Crippen LogP contribution in [-0.2, 0) is 9.84 Å². The Balaban J connectivity index is 1.85. The SMILES string of the molecule is CN1CCCN(C[C@@H]2CCS(=O)(=O)C2)c2cc(Cl)ccc21. The molecule has 1 atom stereocenters. The number of hydrogen-bond donors (Lipinski definition) is 0. The van der Waals surface area contributed by atoms with Crippen molar-refractivity contribution in [3.8, 4) is 0 Å². The molecule has 0 bridgehead atoms. The first-order chi connectivity index (χ1) is 9.94. The summed E-state index contributed by atoms with van der Waals surface area (Å²) in [6, 6.07) is 5.98. The van der Waals surface area contributed by atoms with Gasteiger partial charge in [-0.3, -0.25) is 0 Å². The van der Waals surface area contributed by atoms with Gasteiger partial charge in [0.2, 0.25) is 0 Å². The van der Waals surface area contributed by atoms with Crippen LogP contribution in [0.25, 0.3) is 0 Å². The Labute approximate surface area is 131 Å². The molecule has 1 saturated heterocycles. The van der Waals surface area contributed by atoms with Crippen molar-refractivity contribution in [1.29, 1.82) is 0 Å². The maximum absolute atomic E-state index is 11.7. The molecule has 1 fully saturated rings. The molecule has 0 amide bonds. The zero-order valence-electron chi connectivity index (χ0n) is 12.3. The Kier molecular flexibility index (Phi) is 4.06. The van der Waals surface area contributed by atoms with Gasteiger partial charge in [0.15, 0.2) is 9.84 Å². The highest BCUT2D eigenvalue weighted by molar-refractivity contribution is 7.91. The lowest BCUT2D eigenvalue weighted by atomic mass is 10.1. The molecule has 0 unspecified atom stereocenters. The second-order valence-electron chi connectivity index (χ2n) is 6.12. The predicted molar refractivity (Wildman–Crippen MR) is 88.3 cm³/mol. The average Bonchev–Trinajstić information content (AvgIpc) is 2.68. The van der Waals surface area contributed by atoms with Gasteiger partial charge in [0, 0.05) is 31.7 Å². The fourth-order valence-electron chi connectivity index (χ4n) is 3.33. The van der Waals surface area contributed by atoms with E-state index in [0.29, 0.717) is 11.5 Å². The monoisotopic (exact) mass is 328 g/mol. The third-order valence-corrected chi connectivity index (χ3v) is 6.49. The van der Waals surface area contributed by atoms with Gasteiger partial charge in [-0.2, -0.15) is 0 Å². The Morgan fingerprint density at radius 3 is 2.81 bits per heavy atom. The summed E-state index contributed by atoms with van der Waals surface area (Å²) >= 11 is 6.16. The maximum atomic E-state index is 11.7. The molecule has 2 aliphatic rings. The molecule has 4 nitrogen and oxygen atoms in total. The lowest BCUT2D eigenvalue weighted by Crippen LogP contribution is -2.30. The molecule has 116 valence electrons. The normalized spacial score (nSPS) is 24.8. The summed E-state index contributed by atoms with van der Waals surface area (Å²) in [5.41, 5.74) is 2.31. The topological polar surface area (TPSA) is 40.6 Å². The van der Waals surface area contributed by atoms with Gasteiger partial charge in [0.05, 0.1) is 22.9 Å². The minimum atomic E-state index is -2.81. The van der Waals surface area contributed by atoms with E-state index in [2.05, 4.69) is 22.9 Å². The minimum Gasteiger partial charge on any atom is -0.373 e. The van der Waals surface area contributed by atoms with Crippen molar-refractivity contribution in [2.75, 3.05) is 48.0 Å². The van der Waals surface area contributed by atoms with Crippen molar-refractivity contribution in [1.82, 2.24) is 0 Å². The van der Waals surface area contributed by atoms with Gasteiger partial charge < -0.3 is 9.80 Å². The van der Waals surface area contributed by atoms with Crippen LogP contribution < -0.4 is 9.80 Å². The molecule has 21 heavy (non-hydrogen) atoms. The van der Waals surface area contributed by atoms with E-state index < -0.39 is 9.84 Å². The summed E-state index contributed by atoms with van der Waals surface area (Å²) < 4.78 is 23.3. The Bertz CT molecular complexity index is 633. The number of hydrogen-bond acceptors (Lipinski definition) is 4. The summed E-state index contributed by atoms with van der Waals surface area (Å²) in [5.74, 6) is 0.911. The molecule has 0 radical (unpaired) electrons. The predicted octanol–water partition coefficient (Wildman–Crippen LogP) is 2.42. The van der Waals surface area contributed by atoms with Crippen LogP contribution in [0, 0.1) is 5.92 Å². The fourth-order valence-corrected chi connectivity index (χ4v) is 5.35. The van der Waals surface area contributed by atoms with Crippen LogP contribution in [0.4, 0.5) is 11.4 Å². The molecule has 0 aromatic heterocycles. The van der Waals surface area contributed by atoms with Crippen molar-refractivity contribution in [2.45, 2.75) is 12.8 Å². The number of halogens is 1. The van der Waals surface area contributed by atoms with Crippen LogP contribution in [0.2, 0.25) is 5.02 Å². The highest BCUT2D eigenvalue weighted by atomic mass is 35.5. The van der Waals surface area contributed by atoms with Gasteiger partial charge in [-0.05, 0) is 37.0 Å². The van der Waals surface area contributed by atoms with Crippen molar-refractivity contribution in [3.05, 3.63) is 23.2 Å². The summed E-state index contributed by atoms with van der Waals surface area (Å²) in [6.45, 7) is 2.77. The van der Waals surface area contributed by atoms with Crippen LogP contribution >= 0.6 is 11.6 Å². The summed E-state index contributed by atoms with van der Waals surface area (Å²) in [5, 5.41) is 0.730. The lowest BCUT2D eigenvalue weighted by molar-refractivity contribution is 0.564. The first kappa shape index (κ1) is 15.0. The standard InChI is InChI=1S/C15H21ClN2O2S/c1-17-6-2-7-18(10-12-5-8-21(19,20)11-12)15-9-13(16)3-4-14(15)17/h3-4,9,12H,2,5-8,10-11H2,1H3/t12-/m0/s1. The molecular formula is C15H21ClN2O2S.